The van der Waals surface area contributed by atoms with Gasteiger partial charge in [-0.15, -0.1) is 0 Å². The van der Waals surface area contributed by atoms with Crippen molar-refractivity contribution >= 4 is 6.03 Å². The van der Waals surface area contributed by atoms with Crippen molar-refractivity contribution in [2.24, 2.45) is 5.73 Å². The van der Waals surface area contributed by atoms with Crippen molar-refractivity contribution in [3.05, 3.63) is 0 Å². The number of hydrogen-bond donors (Lipinski definition) is 2. The predicted molar refractivity (Wildman–Crippen MR) is 47.2 cm³/mol. The molecule has 0 aromatic carbocycles. The molecule has 5 nitrogen and oxygen atoms in total. The number of morpholine rings is 1. The SMILES string of the molecule is CC1(C)CN(C(N)=O)CC(CO)O1. The van der Waals surface area contributed by atoms with Crippen LogP contribution in [0.15, 0.2) is 0 Å². The molecule has 1 fully saturated rings. The van der Waals surface area contributed by atoms with Gasteiger partial charge in [0.05, 0.1) is 31.4 Å². The first kappa shape index (κ1) is 10.3. The van der Waals surface area contributed by atoms with Gasteiger partial charge in [-0.25, -0.2) is 4.79 Å². The van der Waals surface area contributed by atoms with Crippen molar-refractivity contribution in [3.63, 3.8) is 0 Å². The van der Waals surface area contributed by atoms with Gasteiger partial charge in [0.15, 0.2) is 0 Å². The number of primary amides is 1. The lowest BCUT2D eigenvalue weighted by Crippen LogP contribution is -2.56. The normalized spacial score (nSPS) is 27.3. The first-order valence-electron chi connectivity index (χ1n) is 4.27. The van der Waals surface area contributed by atoms with E-state index in [4.69, 9.17) is 15.6 Å². The number of ether oxygens (including phenoxy) is 1. The van der Waals surface area contributed by atoms with Crippen LogP contribution in [-0.4, -0.2) is 47.4 Å². The molecule has 1 atom stereocenters. The smallest absolute Gasteiger partial charge is 0.314 e. The zero-order valence-electron chi connectivity index (χ0n) is 7.99. The fraction of sp³-hybridized carbons (Fsp3) is 0.875. The lowest BCUT2D eigenvalue weighted by atomic mass is 10.1. The van der Waals surface area contributed by atoms with E-state index in [1.54, 1.807) is 0 Å². The van der Waals surface area contributed by atoms with Crippen LogP contribution in [0.5, 0.6) is 0 Å². The summed E-state index contributed by atoms with van der Waals surface area (Å²) in [5.41, 5.74) is 4.73. The zero-order valence-corrected chi connectivity index (χ0v) is 7.99. The summed E-state index contributed by atoms with van der Waals surface area (Å²) in [4.78, 5) is 12.4. The molecule has 3 N–H and O–H groups in total. The van der Waals surface area contributed by atoms with E-state index in [9.17, 15) is 4.79 Å². The molecule has 13 heavy (non-hydrogen) atoms. The lowest BCUT2D eigenvalue weighted by Gasteiger charge is -2.41. The Morgan fingerprint density at radius 3 is 2.85 bits per heavy atom. The molecular formula is C8H16N2O3. The molecule has 0 bridgehead atoms. The molecule has 1 rings (SSSR count). The number of nitrogens with zero attached hydrogens (tertiary/aromatic N) is 1. The fourth-order valence-corrected chi connectivity index (χ4v) is 1.56. The third-order valence-corrected chi connectivity index (χ3v) is 2.00. The summed E-state index contributed by atoms with van der Waals surface area (Å²) in [5.74, 6) is 0. The second-order valence-corrected chi connectivity index (χ2v) is 3.90. The summed E-state index contributed by atoms with van der Waals surface area (Å²) < 4.78 is 5.50. The van der Waals surface area contributed by atoms with Crippen molar-refractivity contribution in [1.29, 1.82) is 0 Å². The summed E-state index contributed by atoms with van der Waals surface area (Å²) in [7, 11) is 0. The molecule has 0 aromatic heterocycles. The number of hydrogen-bond acceptors (Lipinski definition) is 3. The van der Waals surface area contributed by atoms with Crippen molar-refractivity contribution in [3.8, 4) is 0 Å². The molecule has 5 heteroatoms. The Morgan fingerprint density at radius 2 is 2.38 bits per heavy atom. The van der Waals surface area contributed by atoms with Gasteiger partial charge in [0.1, 0.15) is 0 Å². The molecule has 0 aliphatic carbocycles. The molecule has 1 saturated heterocycles. The number of carbonyl (C=O) groups is 1. The van der Waals surface area contributed by atoms with Gasteiger partial charge in [-0.1, -0.05) is 0 Å². The number of carbonyl (C=O) groups excluding carboxylic acids is 1. The van der Waals surface area contributed by atoms with E-state index in [0.717, 1.165) is 0 Å². The highest BCUT2D eigenvalue weighted by Gasteiger charge is 2.34. The van der Waals surface area contributed by atoms with Crippen LogP contribution in [-0.2, 0) is 4.74 Å². The Kier molecular flexibility index (Phi) is 2.77. The molecule has 2 amide bonds. The molecule has 0 saturated carbocycles. The summed E-state index contributed by atoms with van der Waals surface area (Å²) in [6, 6.07) is -0.463. The van der Waals surface area contributed by atoms with Crippen LogP contribution in [0.3, 0.4) is 0 Å². The van der Waals surface area contributed by atoms with Crippen LogP contribution in [0.4, 0.5) is 4.79 Å². The van der Waals surface area contributed by atoms with E-state index in [1.165, 1.54) is 4.90 Å². The van der Waals surface area contributed by atoms with Crippen molar-refractivity contribution in [2.45, 2.75) is 25.6 Å². The molecule has 1 aliphatic heterocycles. The molecular weight excluding hydrogens is 172 g/mol. The average molecular weight is 188 g/mol. The maximum absolute atomic E-state index is 10.9. The largest absolute Gasteiger partial charge is 0.394 e. The van der Waals surface area contributed by atoms with Gasteiger partial charge < -0.3 is 20.5 Å². The van der Waals surface area contributed by atoms with Crippen molar-refractivity contribution in [1.82, 2.24) is 4.90 Å². The lowest BCUT2D eigenvalue weighted by molar-refractivity contribution is -0.137. The van der Waals surface area contributed by atoms with Crippen molar-refractivity contribution < 1.29 is 14.6 Å². The Hall–Kier alpha value is -0.810. The second-order valence-electron chi connectivity index (χ2n) is 3.90. The topological polar surface area (TPSA) is 75.8 Å². The van der Waals surface area contributed by atoms with E-state index in [1.807, 2.05) is 13.8 Å². The second kappa shape index (κ2) is 3.51. The van der Waals surface area contributed by atoms with E-state index in [0.29, 0.717) is 13.1 Å². The number of nitrogens with two attached hydrogens (primary N) is 1. The third-order valence-electron chi connectivity index (χ3n) is 2.00. The Bertz CT molecular complexity index is 206. The minimum absolute atomic E-state index is 0.0901. The first-order valence-corrected chi connectivity index (χ1v) is 4.27. The molecule has 0 spiro atoms. The quantitative estimate of drug-likeness (QED) is 0.584. The highest BCUT2D eigenvalue weighted by Crippen LogP contribution is 2.20. The number of aliphatic hydroxyl groups excluding tert-OH is 1. The fourth-order valence-electron chi connectivity index (χ4n) is 1.56. The average Bonchev–Trinajstić information content (AvgIpc) is 2.01. The molecule has 1 unspecified atom stereocenters. The summed E-state index contributed by atoms with van der Waals surface area (Å²) in [6.45, 7) is 4.48. The number of amides is 2. The van der Waals surface area contributed by atoms with Gasteiger partial charge in [-0.05, 0) is 13.8 Å². The highest BCUT2D eigenvalue weighted by atomic mass is 16.5. The van der Waals surface area contributed by atoms with Crippen LogP contribution in [0, 0.1) is 0 Å². The van der Waals surface area contributed by atoms with E-state index in [-0.39, 0.29) is 12.7 Å². The van der Waals surface area contributed by atoms with E-state index >= 15 is 0 Å². The first-order chi connectivity index (χ1) is 5.94. The predicted octanol–water partition coefficient (Wildman–Crippen LogP) is -0.463. The van der Waals surface area contributed by atoms with Gasteiger partial charge in [-0.3, -0.25) is 0 Å². The van der Waals surface area contributed by atoms with Crippen LogP contribution in [0.25, 0.3) is 0 Å². The summed E-state index contributed by atoms with van der Waals surface area (Å²) >= 11 is 0. The summed E-state index contributed by atoms with van der Waals surface area (Å²) in [5, 5.41) is 8.92. The summed E-state index contributed by atoms with van der Waals surface area (Å²) in [6.07, 6.45) is -0.323. The van der Waals surface area contributed by atoms with Crippen LogP contribution < -0.4 is 5.73 Å². The van der Waals surface area contributed by atoms with E-state index < -0.39 is 11.6 Å². The highest BCUT2D eigenvalue weighted by molar-refractivity contribution is 5.72. The number of urea groups is 1. The van der Waals surface area contributed by atoms with Gasteiger partial charge in [0.25, 0.3) is 0 Å². The van der Waals surface area contributed by atoms with Crippen LogP contribution >= 0.6 is 0 Å². The minimum atomic E-state index is -0.463. The number of aliphatic hydroxyl groups is 1. The monoisotopic (exact) mass is 188 g/mol. The molecule has 0 radical (unpaired) electrons. The maximum atomic E-state index is 10.9. The Labute approximate surface area is 77.5 Å². The van der Waals surface area contributed by atoms with Crippen LogP contribution in [0.1, 0.15) is 13.8 Å². The standard InChI is InChI=1S/C8H16N2O3/c1-8(2)5-10(7(9)12)3-6(4-11)13-8/h6,11H,3-5H2,1-2H3,(H2,9,12). The van der Waals surface area contributed by atoms with Gasteiger partial charge >= 0.3 is 6.03 Å². The Balaban J connectivity index is 2.65. The minimum Gasteiger partial charge on any atom is -0.394 e. The molecule has 76 valence electrons. The molecule has 1 aliphatic rings. The number of rotatable bonds is 1. The third kappa shape index (κ3) is 2.57. The maximum Gasteiger partial charge on any atom is 0.314 e. The van der Waals surface area contributed by atoms with Gasteiger partial charge in [0, 0.05) is 0 Å². The van der Waals surface area contributed by atoms with Crippen LogP contribution in [0.2, 0.25) is 0 Å². The van der Waals surface area contributed by atoms with E-state index in [2.05, 4.69) is 0 Å². The van der Waals surface area contributed by atoms with Gasteiger partial charge in [-0.2, -0.15) is 0 Å². The Morgan fingerprint density at radius 1 is 1.77 bits per heavy atom. The van der Waals surface area contributed by atoms with Gasteiger partial charge in [0.2, 0.25) is 0 Å². The zero-order chi connectivity index (χ0) is 10.1. The molecule has 0 aromatic rings. The molecule has 1 heterocycles. The van der Waals surface area contributed by atoms with Crippen molar-refractivity contribution in [2.75, 3.05) is 19.7 Å².